The van der Waals surface area contributed by atoms with Crippen molar-refractivity contribution in [1.82, 2.24) is 5.32 Å². The predicted octanol–water partition coefficient (Wildman–Crippen LogP) is 3.09. The Bertz CT molecular complexity index is 677. The standard InChI is InChI=1S/C17H19ClN2O3/c1-22-15-6-4-3-5-12(15)10-20-17(21)11-19-14-9-13(18)7-8-16(14)23-2/h3-9,19H,10-11H2,1-2H3,(H,20,21). The summed E-state index contributed by atoms with van der Waals surface area (Å²) in [6, 6.07) is 12.7. The van der Waals surface area contributed by atoms with Crippen LogP contribution < -0.4 is 20.1 Å². The normalized spacial score (nSPS) is 10.0. The Morgan fingerprint density at radius 2 is 1.83 bits per heavy atom. The first-order valence-electron chi connectivity index (χ1n) is 7.10. The van der Waals surface area contributed by atoms with Crippen molar-refractivity contribution in [2.24, 2.45) is 0 Å². The molecule has 1 amide bonds. The third kappa shape index (κ3) is 4.79. The topological polar surface area (TPSA) is 59.6 Å². The number of benzene rings is 2. The van der Waals surface area contributed by atoms with Gasteiger partial charge in [-0.05, 0) is 24.3 Å². The summed E-state index contributed by atoms with van der Waals surface area (Å²) in [5, 5.41) is 6.43. The number of halogens is 1. The van der Waals surface area contributed by atoms with Crippen LogP contribution >= 0.6 is 11.6 Å². The van der Waals surface area contributed by atoms with Gasteiger partial charge in [0, 0.05) is 17.1 Å². The van der Waals surface area contributed by atoms with Gasteiger partial charge >= 0.3 is 0 Å². The van der Waals surface area contributed by atoms with Gasteiger partial charge in [-0.1, -0.05) is 29.8 Å². The number of ether oxygens (including phenoxy) is 2. The first kappa shape index (κ1) is 17.0. The molecule has 0 unspecified atom stereocenters. The van der Waals surface area contributed by atoms with Gasteiger partial charge in [-0.3, -0.25) is 4.79 Å². The van der Waals surface area contributed by atoms with Crippen molar-refractivity contribution in [2.75, 3.05) is 26.1 Å². The monoisotopic (exact) mass is 334 g/mol. The van der Waals surface area contributed by atoms with E-state index in [2.05, 4.69) is 10.6 Å². The number of nitrogens with one attached hydrogen (secondary N) is 2. The summed E-state index contributed by atoms with van der Waals surface area (Å²) >= 11 is 5.95. The van der Waals surface area contributed by atoms with Gasteiger partial charge in [0.05, 0.1) is 26.5 Å². The van der Waals surface area contributed by atoms with Crippen LogP contribution in [0.15, 0.2) is 42.5 Å². The number of amides is 1. The van der Waals surface area contributed by atoms with E-state index in [1.54, 1.807) is 32.4 Å². The number of anilines is 1. The Morgan fingerprint density at radius 3 is 2.57 bits per heavy atom. The predicted molar refractivity (Wildman–Crippen MR) is 91.3 cm³/mol. The van der Waals surface area contributed by atoms with Crippen LogP contribution in [0.2, 0.25) is 5.02 Å². The van der Waals surface area contributed by atoms with Crippen molar-refractivity contribution in [3.63, 3.8) is 0 Å². The highest BCUT2D eigenvalue weighted by atomic mass is 35.5. The van der Waals surface area contributed by atoms with Crippen LogP contribution in [-0.4, -0.2) is 26.7 Å². The van der Waals surface area contributed by atoms with E-state index in [4.69, 9.17) is 21.1 Å². The van der Waals surface area contributed by atoms with Gasteiger partial charge in [-0.2, -0.15) is 0 Å². The van der Waals surface area contributed by atoms with E-state index in [1.807, 2.05) is 24.3 Å². The minimum Gasteiger partial charge on any atom is -0.496 e. The van der Waals surface area contributed by atoms with Gasteiger partial charge in [0.25, 0.3) is 0 Å². The number of methoxy groups -OCH3 is 2. The Kier molecular flexibility index (Phi) is 6.11. The molecule has 2 rings (SSSR count). The van der Waals surface area contributed by atoms with E-state index in [-0.39, 0.29) is 12.5 Å². The molecule has 0 bridgehead atoms. The lowest BCUT2D eigenvalue weighted by molar-refractivity contribution is -0.119. The van der Waals surface area contributed by atoms with Gasteiger partial charge < -0.3 is 20.1 Å². The zero-order valence-electron chi connectivity index (χ0n) is 13.1. The zero-order chi connectivity index (χ0) is 16.7. The van der Waals surface area contributed by atoms with Crippen LogP contribution in [0.25, 0.3) is 0 Å². The Labute approximate surface area is 140 Å². The molecule has 0 aliphatic heterocycles. The number of carbonyl (C=O) groups excluding carboxylic acids is 1. The molecule has 0 heterocycles. The minimum atomic E-state index is -0.141. The van der Waals surface area contributed by atoms with Crippen LogP contribution in [0, 0.1) is 0 Å². The highest BCUT2D eigenvalue weighted by molar-refractivity contribution is 6.30. The van der Waals surface area contributed by atoms with Crippen LogP contribution in [0.4, 0.5) is 5.69 Å². The molecule has 0 fully saturated rings. The van der Waals surface area contributed by atoms with Crippen molar-refractivity contribution in [2.45, 2.75) is 6.54 Å². The molecule has 0 saturated heterocycles. The second-order valence-electron chi connectivity index (χ2n) is 4.79. The summed E-state index contributed by atoms with van der Waals surface area (Å²) in [6.07, 6.45) is 0. The lowest BCUT2D eigenvalue weighted by Gasteiger charge is -2.12. The van der Waals surface area contributed by atoms with Crippen molar-refractivity contribution in [3.8, 4) is 11.5 Å². The van der Waals surface area contributed by atoms with Crippen LogP contribution in [0.5, 0.6) is 11.5 Å². The van der Waals surface area contributed by atoms with E-state index < -0.39 is 0 Å². The number of hydrogen-bond acceptors (Lipinski definition) is 4. The molecule has 23 heavy (non-hydrogen) atoms. The highest BCUT2D eigenvalue weighted by Gasteiger charge is 2.08. The second-order valence-corrected chi connectivity index (χ2v) is 5.22. The molecule has 2 aromatic rings. The molecule has 2 aromatic carbocycles. The minimum absolute atomic E-state index is 0.117. The van der Waals surface area contributed by atoms with Crippen molar-refractivity contribution in [3.05, 3.63) is 53.1 Å². The fourth-order valence-electron chi connectivity index (χ4n) is 2.10. The van der Waals surface area contributed by atoms with E-state index in [9.17, 15) is 4.79 Å². The van der Waals surface area contributed by atoms with Crippen molar-refractivity contribution < 1.29 is 14.3 Å². The fraction of sp³-hybridized carbons (Fsp3) is 0.235. The number of carbonyl (C=O) groups is 1. The molecule has 5 nitrogen and oxygen atoms in total. The summed E-state index contributed by atoms with van der Waals surface area (Å²) in [6.45, 7) is 0.517. The Balaban J connectivity index is 1.89. The third-order valence-electron chi connectivity index (χ3n) is 3.27. The molecular formula is C17H19ClN2O3. The lowest BCUT2D eigenvalue weighted by Crippen LogP contribution is -2.29. The van der Waals surface area contributed by atoms with E-state index in [1.165, 1.54) is 0 Å². The molecule has 0 aliphatic carbocycles. The second kappa shape index (κ2) is 8.29. The summed E-state index contributed by atoms with van der Waals surface area (Å²) in [5.74, 6) is 1.24. The maximum absolute atomic E-state index is 12.0. The molecule has 0 radical (unpaired) electrons. The van der Waals surface area contributed by atoms with E-state index in [0.717, 1.165) is 11.3 Å². The SMILES string of the molecule is COc1ccccc1CNC(=O)CNc1cc(Cl)ccc1OC. The Morgan fingerprint density at radius 1 is 1.09 bits per heavy atom. The first-order chi connectivity index (χ1) is 11.1. The number of para-hydroxylation sites is 1. The van der Waals surface area contributed by atoms with Gasteiger partial charge in [0.2, 0.25) is 5.91 Å². The van der Waals surface area contributed by atoms with Crippen LogP contribution in [-0.2, 0) is 11.3 Å². The summed E-state index contributed by atoms with van der Waals surface area (Å²) in [5.41, 5.74) is 1.59. The van der Waals surface area contributed by atoms with Gasteiger partial charge in [-0.15, -0.1) is 0 Å². The molecule has 2 N–H and O–H groups in total. The molecule has 0 saturated carbocycles. The van der Waals surface area contributed by atoms with Crippen molar-refractivity contribution >= 4 is 23.2 Å². The average Bonchev–Trinajstić information content (AvgIpc) is 2.58. The van der Waals surface area contributed by atoms with Crippen molar-refractivity contribution in [1.29, 1.82) is 0 Å². The fourth-order valence-corrected chi connectivity index (χ4v) is 2.27. The molecule has 6 heteroatoms. The molecule has 0 atom stereocenters. The van der Waals surface area contributed by atoms with Gasteiger partial charge in [0.15, 0.2) is 0 Å². The highest BCUT2D eigenvalue weighted by Crippen LogP contribution is 2.27. The zero-order valence-corrected chi connectivity index (χ0v) is 13.8. The van der Waals surface area contributed by atoms with Gasteiger partial charge in [-0.25, -0.2) is 0 Å². The first-order valence-corrected chi connectivity index (χ1v) is 7.48. The maximum Gasteiger partial charge on any atom is 0.239 e. The molecule has 0 spiro atoms. The lowest BCUT2D eigenvalue weighted by atomic mass is 10.2. The third-order valence-corrected chi connectivity index (χ3v) is 3.50. The smallest absolute Gasteiger partial charge is 0.239 e. The quantitative estimate of drug-likeness (QED) is 0.817. The molecule has 122 valence electrons. The largest absolute Gasteiger partial charge is 0.496 e. The summed E-state index contributed by atoms with van der Waals surface area (Å²) in [4.78, 5) is 12.0. The maximum atomic E-state index is 12.0. The molecule has 0 aliphatic rings. The molecule has 0 aromatic heterocycles. The Hall–Kier alpha value is -2.40. The van der Waals surface area contributed by atoms with E-state index in [0.29, 0.717) is 23.0 Å². The van der Waals surface area contributed by atoms with E-state index >= 15 is 0 Å². The number of hydrogen-bond donors (Lipinski definition) is 2. The van der Waals surface area contributed by atoms with Crippen LogP contribution in [0.3, 0.4) is 0 Å². The van der Waals surface area contributed by atoms with Gasteiger partial charge in [0.1, 0.15) is 11.5 Å². The van der Waals surface area contributed by atoms with Crippen LogP contribution in [0.1, 0.15) is 5.56 Å². The number of rotatable bonds is 7. The summed E-state index contributed by atoms with van der Waals surface area (Å²) < 4.78 is 10.5. The average molecular weight is 335 g/mol. The summed E-state index contributed by atoms with van der Waals surface area (Å²) in [7, 11) is 3.17. The molecular weight excluding hydrogens is 316 g/mol.